The zero-order valence-electron chi connectivity index (χ0n) is 19.2. The van der Waals surface area contributed by atoms with E-state index in [-0.39, 0.29) is 29.7 Å². The van der Waals surface area contributed by atoms with Crippen molar-refractivity contribution in [3.63, 3.8) is 0 Å². The Hall–Kier alpha value is -3.55. The van der Waals surface area contributed by atoms with Crippen molar-refractivity contribution >= 4 is 46.2 Å². The van der Waals surface area contributed by atoms with Gasteiger partial charge in [-0.05, 0) is 49.1 Å². The molecule has 1 aliphatic heterocycles. The van der Waals surface area contributed by atoms with Crippen LogP contribution in [0.25, 0.3) is 0 Å². The summed E-state index contributed by atoms with van der Waals surface area (Å²) in [5.74, 6) is -0.0155. The Labute approximate surface area is 194 Å². The summed E-state index contributed by atoms with van der Waals surface area (Å²) in [5, 5.41) is 11.9. The van der Waals surface area contributed by atoms with Gasteiger partial charge in [-0.1, -0.05) is 38.8 Å². The quantitative estimate of drug-likeness (QED) is 0.267. The number of unbranched alkanes of at least 4 members (excludes halogenated alkanes) is 3. The molecule has 1 heterocycles. The maximum absolute atomic E-state index is 12.3. The highest BCUT2D eigenvalue weighted by molar-refractivity contribution is 6.04. The first kappa shape index (κ1) is 24.1. The van der Waals surface area contributed by atoms with E-state index in [1.807, 2.05) is 38.1 Å². The minimum Gasteiger partial charge on any atom is -0.397 e. The lowest BCUT2D eigenvalue weighted by Crippen LogP contribution is -2.42. The summed E-state index contributed by atoms with van der Waals surface area (Å²) in [7, 11) is 0. The monoisotopic (exact) mass is 451 g/mol. The second-order valence-electron chi connectivity index (χ2n) is 8.71. The zero-order valence-corrected chi connectivity index (χ0v) is 19.2. The molecule has 1 atom stereocenters. The van der Waals surface area contributed by atoms with Crippen LogP contribution in [0.5, 0.6) is 0 Å². The number of amides is 3. The second kappa shape index (κ2) is 11.4. The van der Waals surface area contributed by atoms with E-state index in [0.717, 1.165) is 31.4 Å². The molecule has 0 saturated carbocycles. The molecule has 8 heteroatoms. The summed E-state index contributed by atoms with van der Waals surface area (Å²) < 4.78 is 0. The fraction of sp³-hybridized carbons (Fsp3) is 0.400. The molecule has 8 nitrogen and oxygen atoms in total. The molecular weight excluding hydrogens is 418 g/mol. The van der Waals surface area contributed by atoms with Gasteiger partial charge in [-0.15, -0.1) is 0 Å². The number of carbonyl (C=O) groups is 3. The van der Waals surface area contributed by atoms with Crippen molar-refractivity contribution in [2.24, 2.45) is 5.92 Å². The van der Waals surface area contributed by atoms with Gasteiger partial charge in [-0.3, -0.25) is 14.4 Å². The molecule has 33 heavy (non-hydrogen) atoms. The van der Waals surface area contributed by atoms with Gasteiger partial charge in [0, 0.05) is 18.5 Å². The average molecular weight is 452 g/mol. The van der Waals surface area contributed by atoms with Crippen LogP contribution in [0.15, 0.2) is 42.5 Å². The van der Waals surface area contributed by atoms with Crippen LogP contribution < -0.4 is 27.0 Å². The van der Waals surface area contributed by atoms with Crippen LogP contribution in [0.3, 0.4) is 0 Å². The van der Waals surface area contributed by atoms with E-state index in [4.69, 9.17) is 5.73 Å². The molecule has 0 fully saturated rings. The van der Waals surface area contributed by atoms with Gasteiger partial charge in [0.25, 0.3) is 0 Å². The molecule has 1 unspecified atom stereocenters. The van der Waals surface area contributed by atoms with Crippen molar-refractivity contribution in [2.45, 2.75) is 58.4 Å². The lowest BCUT2D eigenvalue weighted by Gasteiger charge is -2.29. The van der Waals surface area contributed by atoms with Crippen molar-refractivity contribution in [1.82, 2.24) is 0 Å². The smallest absolute Gasteiger partial charge is 0.247 e. The first-order chi connectivity index (χ1) is 15.8. The van der Waals surface area contributed by atoms with Gasteiger partial charge in [0.2, 0.25) is 17.7 Å². The summed E-state index contributed by atoms with van der Waals surface area (Å²) in [6, 6.07) is 12.4. The van der Waals surface area contributed by atoms with E-state index in [1.165, 1.54) is 0 Å². The normalized spacial score (nSPS) is 14.8. The third-order valence-corrected chi connectivity index (χ3v) is 5.61. The number of nitrogens with one attached hydrogen (secondary N) is 4. The number of hydrogen-bond acceptors (Lipinski definition) is 5. The highest BCUT2D eigenvalue weighted by Crippen LogP contribution is 2.31. The van der Waals surface area contributed by atoms with Crippen molar-refractivity contribution in [3.05, 3.63) is 42.5 Å². The largest absolute Gasteiger partial charge is 0.397 e. The van der Waals surface area contributed by atoms with Crippen molar-refractivity contribution in [1.29, 1.82) is 0 Å². The second-order valence-corrected chi connectivity index (χ2v) is 8.71. The Balaban J connectivity index is 1.33. The van der Waals surface area contributed by atoms with Crippen molar-refractivity contribution < 1.29 is 14.4 Å². The van der Waals surface area contributed by atoms with Crippen LogP contribution in [-0.2, 0) is 14.4 Å². The van der Waals surface area contributed by atoms with E-state index in [1.54, 1.807) is 18.2 Å². The number of para-hydroxylation sites is 2. The number of nitrogens with two attached hydrogens (primary N) is 1. The molecule has 0 aromatic heterocycles. The van der Waals surface area contributed by atoms with Crippen LogP contribution >= 0.6 is 0 Å². The molecule has 0 saturated heterocycles. The predicted octanol–water partition coefficient (Wildman–Crippen LogP) is 4.58. The average Bonchev–Trinajstić information content (AvgIpc) is 2.77. The SMILES string of the molecule is CC(C)C1Nc2ccc(NC(=O)CCCCCCC(=O)Nc3ccccc3N)cc2NC1=O. The van der Waals surface area contributed by atoms with E-state index in [9.17, 15) is 14.4 Å². The summed E-state index contributed by atoms with van der Waals surface area (Å²) in [4.78, 5) is 36.5. The fourth-order valence-electron chi connectivity index (χ4n) is 3.74. The standard InChI is InChI=1S/C25H33N5O3/c1-16(2)24-25(33)30-21-15-17(13-14-20(21)29-24)27-22(31)11-5-3-4-6-12-23(32)28-19-10-8-7-9-18(19)26/h7-10,13-16,24,29H,3-6,11-12,26H2,1-2H3,(H,27,31)(H,28,32)(H,30,33). The van der Waals surface area contributed by atoms with Crippen LogP contribution in [0.4, 0.5) is 28.4 Å². The van der Waals surface area contributed by atoms with Gasteiger partial charge in [0.1, 0.15) is 6.04 Å². The topological polar surface area (TPSA) is 125 Å². The molecule has 0 bridgehead atoms. The number of fused-ring (bicyclic) bond motifs is 1. The number of nitrogen functional groups attached to an aromatic ring is 1. The molecule has 2 aromatic rings. The number of hydrogen-bond donors (Lipinski definition) is 5. The first-order valence-electron chi connectivity index (χ1n) is 11.5. The minimum absolute atomic E-state index is 0.0562. The highest BCUT2D eigenvalue weighted by Gasteiger charge is 2.27. The van der Waals surface area contributed by atoms with E-state index in [0.29, 0.717) is 35.6 Å². The maximum atomic E-state index is 12.3. The van der Waals surface area contributed by atoms with Gasteiger partial charge < -0.3 is 27.0 Å². The lowest BCUT2D eigenvalue weighted by atomic mass is 10.0. The van der Waals surface area contributed by atoms with Gasteiger partial charge in [0.15, 0.2) is 0 Å². The van der Waals surface area contributed by atoms with E-state index >= 15 is 0 Å². The van der Waals surface area contributed by atoms with Crippen LogP contribution in [0, 0.1) is 5.92 Å². The van der Waals surface area contributed by atoms with E-state index in [2.05, 4.69) is 21.3 Å². The molecular formula is C25H33N5O3. The van der Waals surface area contributed by atoms with Gasteiger partial charge in [-0.2, -0.15) is 0 Å². The Morgan fingerprint density at radius 1 is 0.939 bits per heavy atom. The summed E-state index contributed by atoms with van der Waals surface area (Å²) >= 11 is 0. The first-order valence-corrected chi connectivity index (χ1v) is 11.5. The Morgan fingerprint density at radius 2 is 1.61 bits per heavy atom. The number of anilines is 5. The van der Waals surface area contributed by atoms with Gasteiger partial charge in [0.05, 0.1) is 22.7 Å². The molecule has 1 aliphatic rings. The lowest BCUT2D eigenvalue weighted by molar-refractivity contribution is -0.118. The van der Waals surface area contributed by atoms with E-state index < -0.39 is 0 Å². The predicted molar refractivity (Wildman–Crippen MR) is 133 cm³/mol. The summed E-state index contributed by atoms with van der Waals surface area (Å²) in [6.45, 7) is 3.99. The Morgan fingerprint density at radius 3 is 2.27 bits per heavy atom. The van der Waals surface area contributed by atoms with Crippen LogP contribution in [0.2, 0.25) is 0 Å². The Bertz CT molecular complexity index is 1010. The van der Waals surface area contributed by atoms with Crippen molar-refractivity contribution in [3.8, 4) is 0 Å². The fourth-order valence-corrected chi connectivity index (χ4v) is 3.74. The van der Waals surface area contributed by atoms with Crippen LogP contribution in [-0.4, -0.2) is 23.8 Å². The highest BCUT2D eigenvalue weighted by atomic mass is 16.2. The number of rotatable bonds is 10. The molecule has 3 amide bonds. The maximum Gasteiger partial charge on any atom is 0.247 e. The van der Waals surface area contributed by atoms with Gasteiger partial charge >= 0.3 is 0 Å². The third-order valence-electron chi connectivity index (χ3n) is 5.61. The summed E-state index contributed by atoms with van der Waals surface area (Å²) in [5.41, 5.74) is 9.19. The van der Waals surface area contributed by atoms with Crippen LogP contribution in [0.1, 0.15) is 52.4 Å². The summed E-state index contributed by atoms with van der Waals surface area (Å²) in [6.07, 6.45) is 4.08. The third kappa shape index (κ3) is 6.97. The minimum atomic E-state index is -0.263. The molecule has 0 aliphatic carbocycles. The molecule has 0 spiro atoms. The number of benzene rings is 2. The molecule has 2 aromatic carbocycles. The molecule has 6 N–H and O–H groups in total. The molecule has 0 radical (unpaired) electrons. The molecule has 3 rings (SSSR count). The van der Waals surface area contributed by atoms with Crippen molar-refractivity contribution in [2.75, 3.05) is 27.0 Å². The zero-order chi connectivity index (χ0) is 23.8. The molecule has 176 valence electrons. The Kier molecular flexibility index (Phi) is 8.29. The van der Waals surface area contributed by atoms with Gasteiger partial charge in [-0.25, -0.2) is 0 Å². The number of carbonyl (C=O) groups excluding carboxylic acids is 3.